The fraction of sp³-hybridized carbons (Fsp3) is 0.490. The van der Waals surface area contributed by atoms with Crippen molar-refractivity contribution in [3.8, 4) is 0 Å². The van der Waals surface area contributed by atoms with Gasteiger partial charge in [-0.25, -0.2) is 4.79 Å². The smallest absolute Gasteiger partial charge is 0.326 e. The molecule has 0 aromatic heterocycles. The molecular formula is C51H70N6O9. The molecule has 0 spiro atoms. The van der Waals surface area contributed by atoms with Crippen LogP contribution in [0.1, 0.15) is 144 Å². The van der Waals surface area contributed by atoms with E-state index in [0.717, 1.165) is 76.2 Å². The standard InChI is InChI=1S/C51H70N6O9/c1-3-35(2)46(50(64)55-40(48(53)62)32-36-22-16-14-17-23-36)57-45(60)27-21-13-11-9-7-5-4-6-8-10-12-20-26-44(59)54-41(34-43(52)58)49(63)56-42(51(65)66)33-37-28-30-39(31-29-37)47(61)38-24-18-15-19-25-38/h14-19,22-25,28-31,35,40-42,46H,3-13,20-21,26-27,32-34H2,1-2H3,(H2,52,58)(H2,53,62)(H,54,59)(H,55,64)(H,56,63)(H,57,60)(H,65,66)/t35?,40-,41-,42-,46-/m0/s1. The number of nitrogens with one attached hydrogen (secondary N) is 4. The van der Waals surface area contributed by atoms with Gasteiger partial charge in [-0.2, -0.15) is 0 Å². The minimum absolute atomic E-state index is 0.0931. The monoisotopic (exact) mass is 911 g/mol. The number of carboxylic acids is 1. The van der Waals surface area contributed by atoms with Crippen LogP contribution in [0.4, 0.5) is 0 Å². The molecule has 0 heterocycles. The molecule has 0 radical (unpaired) electrons. The third-order valence-electron chi connectivity index (χ3n) is 11.7. The van der Waals surface area contributed by atoms with Gasteiger partial charge in [0.25, 0.3) is 0 Å². The van der Waals surface area contributed by atoms with E-state index in [1.54, 1.807) is 48.5 Å². The van der Waals surface area contributed by atoms with E-state index in [0.29, 0.717) is 36.0 Å². The van der Waals surface area contributed by atoms with Crippen LogP contribution in [0.3, 0.4) is 0 Å². The third kappa shape index (κ3) is 20.6. The zero-order valence-corrected chi connectivity index (χ0v) is 38.6. The quantitative estimate of drug-likeness (QED) is 0.0296. The molecule has 1 unspecified atom stereocenters. The number of carboxylic acid groups (broad SMARTS) is 1. The highest BCUT2D eigenvalue weighted by molar-refractivity contribution is 6.09. The third-order valence-corrected chi connectivity index (χ3v) is 11.7. The number of amides is 6. The van der Waals surface area contributed by atoms with Crippen molar-refractivity contribution in [2.24, 2.45) is 17.4 Å². The summed E-state index contributed by atoms with van der Waals surface area (Å²) in [7, 11) is 0. The molecular weight excluding hydrogens is 841 g/mol. The van der Waals surface area contributed by atoms with Crippen LogP contribution in [-0.4, -0.2) is 76.5 Å². The van der Waals surface area contributed by atoms with Gasteiger partial charge in [-0.3, -0.25) is 33.6 Å². The molecule has 3 aromatic carbocycles. The summed E-state index contributed by atoms with van der Waals surface area (Å²) in [4.78, 5) is 101. The molecule has 9 N–H and O–H groups in total. The Balaban J connectivity index is 1.26. The zero-order valence-electron chi connectivity index (χ0n) is 38.6. The van der Waals surface area contributed by atoms with E-state index in [1.165, 1.54) is 0 Å². The predicted octanol–water partition coefficient (Wildman–Crippen LogP) is 5.59. The first-order valence-electron chi connectivity index (χ1n) is 23.4. The first-order valence-corrected chi connectivity index (χ1v) is 23.4. The van der Waals surface area contributed by atoms with E-state index in [9.17, 15) is 43.5 Å². The van der Waals surface area contributed by atoms with Gasteiger partial charge in [-0.15, -0.1) is 0 Å². The maximum atomic E-state index is 13.2. The van der Waals surface area contributed by atoms with Crippen LogP contribution in [0, 0.1) is 5.92 Å². The highest BCUT2D eigenvalue weighted by Crippen LogP contribution is 2.16. The molecule has 15 heteroatoms. The lowest BCUT2D eigenvalue weighted by molar-refractivity contribution is -0.142. The van der Waals surface area contributed by atoms with E-state index in [4.69, 9.17) is 11.5 Å². The lowest BCUT2D eigenvalue weighted by atomic mass is 9.97. The van der Waals surface area contributed by atoms with Crippen LogP contribution in [0.5, 0.6) is 0 Å². The Hall–Kier alpha value is -6.38. The summed E-state index contributed by atoms with van der Waals surface area (Å²) in [5.74, 6) is -4.94. The van der Waals surface area contributed by atoms with E-state index in [-0.39, 0.29) is 36.9 Å². The van der Waals surface area contributed by atoms with Gasteiger partial charge in [0.1, 0.15) is 24.2 Å². The molecule has 15 nitrogen and oxygen atoms in total. The lowest BCUT2D eigenvalue weighted by Gasteiger charge is -2.26. The highest BCUT2D eigenvalue weighted by atomic mass is 16.4. The van der Waals surface area contributed by atoms with E-state index >= 15 is 0 Å². The van der Waals surface area contributed by atoms with Crippen LogP contribution in [-0.2, 0) is 46.4 Å². The minimum Gasteiger partial charge on any atom is -0.480 e. The van der Waals surface area contributed by atoms with Crippen LogP contribution < -0.4 is 32.7 Å². The number of aliphatic carboxylic acids is 1. The van der Waals surface area contributed by atoms with Gasteiger partial charge in [-0.1, -0.05) is 169 Å². The molecule has 358 valence electrons. The topological polar surface area (TPSA) is 257 Å². The molecule has 0 aliphatic heterocycles. The molecule has 0 saturated heterocycles. The Morgan fingerprint density at radius 2 is 0.955 bits per heavy atom. The van der Waals surface area contributed by atoms with E-state index in [1.807, 2.05) is 50.2 Å². The predicted molar refractivity (Wildman–Crippen MR) is 253 cm³/mol. The highest BCUT2D eigenvalue weighted by Gasteiger charge is 2.30. The molecule has 5 atom stereocenters. The second kappa shape index (κ2) is 29.9. The summed E-state index contributed by atoms with van der Waals surface area (Å²) < 4.78 is 0. The van der Waals surface area contributed by atoms with Gasteiger partial charge < -0.3 is 37.8 Å². The second-order valence-corrected chi connectivity index (χ2v) is 17.1. The van der Waals surface area contributed by atoms with Crippen molar-refractivity contribution in [3.63, 3.8) is 0 Å². The molecule has 66 heavy (non-hydrogen) atoms. The number of unbranched alkanes of at least 4 members (excludes halogenated alkanes) is 11. The number of carbonyl (C=O) groups excluding carboxylic acids is 7. The number of primary amides is 2. The first kappa shape index (κ1) is 54.0. The largest absolute Gasteiger partial charge is 0.480 e. The maximum absolute atomic E-state index is 13.2. The number of rotatable bonds is 33. The minimum atomic E-state index is -1.36. The maximum Gasteiger partial charge on any atom is 0.326 e. The van der Waals surface area contributed by atoms with Crippen molar-refractivity contribution in [2.45, 2.75) is 154 Å². The van der Waals surface area contributed by atoms with Gasteiger partial charge in [0.15, 0.2) is 5.78 Å². The summed E-state index contributed by atoms with van der Waals surface area (Å²) in [6.07, 6.45) is 12.3. The summed E-state index contributed by atoms with van der Waals surface area (Å²) in [6, 6.07) is 20.1. The SMILES string of the molecule is CCC(C)[C@H](NC(=O)CCCCCCCCCCCCCCC(=O)N[C@@H](CC(N)=O)C(=O)N[C@@H](Cc1ccc(C(=O)c2ccccc2)cc1)C(=O)O)C(=O)N[C@@H](Cc1ccccc1)C(N)=O. The molecule has 0 bridgehead atoms. The van der Waals surface area contributed by atoms with Crippen LogP contribution in [0.2, 0.25) is 0 Å². The second-order valence-electron chi connectivity index (χ2n) is 17.1. The number of hydrogen-bond acceptors (Lipinski definition) is 8. The van der Waals surface area contributed by atoms with Crippen LogP contribution in [0.15, 0.2) is 84.9 Å². The molecule has 6 amide bonds. The Kier molecular flexibility index (Phi) is 24.5. The summed E-state index contributed by atoms with van der Waals surface area (Å²) in [5.41, 5.74) is 13.3. The van der Waals surface area contributed by atoms with E-state index < -0.39 is 66.1 Å². The summed E-state index contributed by atoms with van der Waals surface area (Å²) in [6.45, 7) is 3.84. The van der Waals surface area contributed by atoms with Crippen molar-refractivity contribution in [1.29, 1.82) is 0 Å². The fourth-order valence-electron chi connectivity index (χ4n) is 7.55. The lowest BCUT2D eigenvalue weighted by Crippen LogP contribution is -2.55. The van der Waals surface area contributed by atoms with Crippen molar-refractivity contribution in [2.75, 3.05) is 0 Å². The van der Waals surface area contributed by atoms with Crippen molar-refractivity contribution in [3.05, 3.63) is 107 Å². The molecule has 0 aliphatic carbocycles. The number of ketones is 1. The van der Waals surface area contributed by atoms with Crippen LogP contribution in [0.25, 0.3) is 0 Å². The summed E-state index contributed by atoms with van der Waals surface area (Å²) in [5, 5.41) is 20.5. The normalized spacial score (nSPS) is 13.2. The zero-order chi connectivity index (χ0) is 48.3. The van der Waals surface area contributed by atoms with Crippen LogP contribution >= 0.6 is 0 Å². The first-order chi connectivity index (χ1) is 31.7. The Morgan fingerprint density at radius 1 is 0.515 bits per heavy atom. The number of nitrogens with two attached hydrogens (primary N) is 2. The fourth-order valence-corrected chi connectivity index (χ4v) is 7.55. The Labute approximate surface area is 389 Å². The Morgan fingerprint density at radius 3 is 1.44 bits per heavy atom. The average molecular weight is 911 g/mol. The number of hydrogen-bond donors (Lipinski definition) is 7. The molecule has 3 rings (SSSR count). The molecule has 0 aliphatic rings. The average Bonchev–Trinajstić information content (AvgIpc) is 3.30. The molecule has 0 fully saturated rings. The molecule has 0 saturated carbocycles. The number of carbonyl (C=O) groups is 8. The molecule has 3 aromatic rings. The van der Waals surface area contributed by atoms with Gasteiger partial charge in [0.05, 0.1) is 6.42 Å². The summed E-state index contributed by atoms with van der Waals surface area (Å²) >= 11 is 0. The van der Waals surface area contributed by atoms with E-state index in [2.05, 4.69) is 21.3 Å². The van der Waals surface area contributed by atoms with Crippen molar-refractivity contribution in [1.82, 2.24) is 21.3 Å². The van der Waals surface area contributed by atoms with Gasteiger partial charge in [0.2, 0.25) is 35.4 Å². The van der Waals surface area contributed by atoms with Gasteiger partial charge >= 0.3 is 5.97 Å². The van der Waals surface area contributed by atoms with Crippen molar-refractivity contribution < 1.29 is 43.5 Å². The van der Waals surface area contributed by atoms with Gasteiger partial charge in [0, 0.05) is 36.8 Å². The Bertz CT molecular complexity index is 2010. The number of benzene rings is 3. The van der Waals surface area contributed by atoms with Crippen molar-refractivity contribution >= 4 is 47.2 Å². The van der Waals surface area contributed by atoms with Gasteiger partial charge in [-0.05, 0) is 29.9 Å².